The molecule has 0 unspecified atom stereocenters. The van der Waals surface area contributed by atoms with Gasteiger partial charge in [0.15, 0.2) is 5.65 Å². The lowest BCUT2D eigenvalue weighted by Gasteiger charge is -2.18. The largest absolute Gasteiger partial charge is 0.462 e. The summed E-state index contributed by atoms with van der Waals surface area (Å²) in [5, 5.41) is 4.10. The Kier molecular flexibility index (Phi) is 3.46. The molecule has 2 aromatic rings. The van der Waals surface area contributed by atoms with E-state index >= 15 is 0 Å². The van der Waals surface area contributed by atoms with Gasteiger partial charge in [0, 0.05) is 24.7 Å². The zero-order chi connectivity index (χ0) is 15.9. The van der Waals surface area contributed by atoms with Crippen LogP contribution in [0.25, 0.3) is 5.65 Å². The number of alkyl halides is 2. The first-order valence-corrected chi connectivity index (χ1v) is 7.06. The summed E-state index contributed by atoms with van der Waals surface area (Å²) in [5.41, 5.74) is 1.27. The molecule has 2 aromatic heterocycles. The number of esters is 1. The van der Waals surface area contributed by atoms with Crippen LogP contribution >= 0.6 is 0 Å². The summed E-state index contributed by atoms with van der Waals surface area (Å²) in [4.78, 5) is 17.8. The second-order valence-corrected chi connectivity index (χ2v) is 5.30. The average molecular weight is 310 g/mol. The van der Waals surface area contributed by atoms with Crippen LogP contribution < -0.4 is 4.90 Å². The first-order chi connectivity index (χ1) is 10.4. The number of anilines is 1. The van der Waals surface area contributed by atoms with E-state index in [9.17, 15) is 13.6 Å². The van der Waals surface area contributed by atoms with Gasteiger partial charge in [-0.05, 0) is 13.8 Å². The first-order valence-electron chi connectivity index (χ1n) is 7.06. The summed E-state index contributed by atoms with van der Waals surface area (Å²) in [5.74, 6) is -2.80. The number of carbonyl (C=O) groups excluding carboxylic acids is 1. The Hall–Kier alpha value is -2.25. The Balaban J connectivity index is 2.03. The van der Waals surface area contributed by atoms with Crippen molar-refractivity contribution in [1.29, 1.82) is 0 Å². The van der Waals surface area contributed by atoms with E-state index in [1.807, 2.05) is 0 Å². The number of ether oxygens (including phenoxy) is 1. The van der Waals surface area contributed by atoms with Crippen LogP contribution in [-0.2, 0) is 4.74 Å². The Bertz CT molecular complexity index is 729. The highest BCUT2D eigenvalue weighted by molar-refractivity contribution is 5.95. The summed E-state index contributed by atoms with van der Waals surface area (Å²) in [6.45, 7) is 3.61. The summed E-state index contributed by atoms with van der Waals surface area (Å²) in [6, 6.07) is 1.69. The summed E-state index contributed by atoms with van der Waals surface area (Å²) in [6.07, 6.45) is 1.19. The Morgan fingerprint density at radius 1 is 1.50 bits per heavy atom. The number of rotatable bonds is 3. The van der Waals surface area contributed by atoms with Crippen LogP contribution in [0.1, 0.15) is 29.4 Å². The van der Waals surface area contributed by atoms with Crippen LogP contribution in [0.5, 0.6) is 0 Å². The molecule has 0 atom stereocenters. The second-order valence-electron chi connectivity index (χ2n) is 5.30. The molecule has 1 aliphatic rings. The quantitative estimate of drug-likeness (QED) is 0.812. The Morgan fingerprint density at radius 2 is 2.27 bits per heavy atom. The highest BCUT2D eigenvalue weighted by atomic mass is 19.3. The summed E-state index contributed by atoms with van der Waals surface area (Å²) < 4.78 is 33.2. The zero-order valence-corrected chi connectivity index (χ0v) is 12.3. The number of aryl methyl sites for hydroxylation is 1. The summed E-state index contributed by atoms with van der Waals surface area (Å²) in [7, 11) is 0. The van der Waals surface area contributed by atoms with Crippen molar-refractivity contribution in [2.75, 3.05) is 24.6 Å². The van der Waals surface area contributed by atoms with Crippen LogP contribution in [-0.4, -0.2) is 46.2 Å². The number of fused-ring (bicyclic) bond motifs is 1. The predicted molar refractivity (Wildman–Crippen MR) is 75.5 cm³/mol. The monoisotopic (exact) mass is 310 g/mol. The Labute approximate surface area is 125 Å². The molecule has 1 fully saturated rings. The van der Waals surface area contributed by atoms with Gasteiger partial charge in [0.25, 0.3) is 5.92 Å². The third-order valence-electron chi connectivity index (χ3n) is 3.63. The minimum Gasteiger partial charge on any atom is -0.462 e. The smallest absolute Gasteiger partial charge is 0.343 e. The lowest BCUT2D eigenvalue weighted by Crippen LogP contribution is -2.26. The molecule has 0 amide bonds. The number of hydrogen-bond acceptors (Lipinski definition) is 5. The molecule has 0 aromatic carbocycles. The van der Waals surface area contributed by atoms with Gasteiger partial charge in [0.05, 0.1) is 19.3 Å². The van der Waals surface area contributed by atoms with Crippen molar-refractivity contribution in [3.8, 4) is 0 Å². The van der Waals surface area contributed by atoms with Crippen LogP contribution in [0.4, 0.5) is 14.6 Å². The van der Waals surface area contributed by atoms with Crippen LogP contribution in [0, 0.1) is 6.92 Å². The molecule has 0 bridgehead atoms. The van der Waals surface area contributed by atoms with Gasteiger partial charge in [-0.2, -0.15) is 5.10 Å². The number of halogens is 2. The third-order valence-corrected chi connectivity index (χ3v) is 3.63. The zero-order valence-electron chi connectivity index (χ0n) is 12.3. The first kappa shape index (κ1) is 14.7. The van der Waals surface area contributed by atoms with Gasteiger partial charge in [-0.15, -0.1) is 0 Å². The van der Waals surface area contributed by atoms with Gasteiger partial charge in [-0.25, -0.2) is 23.1 Å². The van der Waals surface area contributed by atoms with Gasteiger partial charge in [0.1, 0.15) is 11.4 Å². The SMILES string of the molecule is CCOC(=O)c1cnn2c(C)cc(N3CCC(F)(F)C3)nc12. The molecule has 1 saturated heterocycles. The highest BCUT2D eigenvalue weighted by Gasteiger charge is 2.39. The fourth-order valence-electron chi connectivity index (χ4n) is 2.54. The standard InChI is InChI=1S/C14H16F2N4O2/c1-3-22-13(21)10-7-17-20-9(2)6-11(18-12(10)20)19-5-4-14(15,16)8-19/h6-7H,3-5,8H2,1-2H3. The van der Waals surface area contributed by atoms with Crippen LogP contribution in [0.15, 0.2) is 12.3 Å². The summed E-state index contributed by atoms with van der Waals surface area (Å²) >= 11 is 0. The minimum atomic E-state index is -2.70. The van der Waals surface area contributed by atoms with Crippen molar-refractivity contribution >= 4 is 17.4 Å². The topological polar surface area (TPSA) is 59.7 Å². The van der Waals surface area contributed by atoms with Gasteiger partial charge in [-0.1, -0.05) is 0 Å². The molecule has 0 N–H and O–H groups in total. The fraction of sp³-hybridized carbons (Fsp3) is 0.500. The van der Waals surface area contributed by atoms with Crippen molar-refractivity contribution in [3.05, 3.63) is 23.5 Å². The van der Waals surface area contributed by atoms with E-state index in [1.54, 1.807) is 19.9 Å². The molecular weight excluding hydrogens is 294 g/mol. The average Bonchev–Trinajstić information content (AvgIpc) is 3.02. The van der Waals surface area contributed by atoms with E-state index in [-0.39, 0.29) is 31.7 Å². The molecule has 0 spiro atoms. The molecule has 3 rings (SSSR count). The molecule has 3 heterocycles. The van der Waals surface area contributed by atoms with Crippen molar-refractivity contribution in [2.24, 2.45) is 0 Å². The fourth-order valence-corrected chi connectivity index (χ4v) is 2.54. The molecule has 0 aliphatic carbocycles. The number of carbonyl (C=O) groups is 1. The molecule has 0 radical (unpaired) electrons. The number of hydrogen-bond donors (Lipinski definition) is 0. The maximum absolute atomic E-state index is 13.4. The van der Waals surface area contributed by atoms with E-state index in [2.05, 4.69) is 10.1 Å². The molecule has 0 saturated carbocycles. The van der Waals surface area contributed by atoms with E-state index in [4.69, 9.17) is 4.74 Å². The molecule has 6 nitrogen and oxygen atoms in total. The van der Waals surface area contributed by atoms with Gasteiger partial charge in [-0.3, -0.25) is 0 Å². The molecule has 1 aliphatic heterocycles. The van der Waals surface area contributed by atoms with Gasteiger partial charge >= 0.3 is 5.97 Å². The van der Waals surface area contributed by atoms with Gasteiger partial charge in [0.2, 0.25) is 0 Å². The lowest BCUT2D eigenvalue weighted by molar-refractivity contribution is 0.0256. The highest BCUT2D eigenvalue weighted by Crippen LogP contribution is 2.30. The van der Waals surface area contributed by atoms with Crippen molar-refractivity contribution in [3.63, 3.8) is 0 Å². The Morgan fingerprint density at radius 3 is 2.91 bits per heavy atom. The van der Waals surface area contributed by atoms with Crippen molar-refractivity contribution in [2.45, 2.75) is 26.2 Å². The molecule has 118 valence electrons. The predicted octanol–water partition coefficient (Wildman–Crippen LogP) is 2.06. The van der Waals surface area contributed by atoms with Crippen molar-refractivity contribution < 1.29 is 18.3 Å². The third kappa shape index (κ3) is 2.49. The molecule has 8 heteroatoms. The van der Waals surface area contributed by atoms with Crippen molar-refractivity contribution in [1.82, 2.24) is 14.6 Å². The number of aromatic nitrogens is 3. The normalized spacial score (nSPS) is 17.2. The van der Waals surface area contributed by atoms with E-state index in [0.717, 1.165) is 0 Å². The molecule has 22 heavy (non-hydrogen) atoms. The lowest BCUT2D eigenvalue weighted by atomic mass is 10.3. The maximum Gasteiger partial charge on any atom is 0.343 e. The van der Waals surface area contributed by atoms with Gasteiger partial charge < -0.3 is 9.64 Å². The maximum atomic E-state index is 13.4. The molecular formula is C14H16F2N4O2. The van der Waals surface area contributed by atoms with Crippen LogP contribution in [0.3, 0.4) is 0 Å². The second kappa shape index (κ2) is 5.19. The minimum absolute atomic E-state index is 0.192. The van der Waals surface area contributed by atoms with E-state index in [1.165, 1.54) is 15.6 Å². The van der Waals surface area contributed by atoms with E-state index in [0.29, 0.717) is 17.2 Å². The number of nitrogens with zero attached hydrogens (tertiary/aromatic N) is 4. The van der Waals surface area contributed by atoms with Crippen LogP contribution in [0.2, 0.25) is 0 Å². The van der Waals surface area contributed by atoms with E-state index < -0.39 is 11.9 Å².